The Kier molecular flexibility index (Phi) is 7.03. The molecule has 0 spiro atoms. The number of hydrogen-bond donors (Lipinski definition) is 1. The predicted molar refractivity (Wildman–Crippen MR) is 65.7 cm³/mol. The van der Waals surface area contributed by atoms with Gasteiger partial charge in [0.25, 0.3) is 0 Å². The van der Waals surface area contributed by atoms with Crippen molar-refractivity contribution in [1.29, 1.82) is 0 Å². The number of carbonyl (C=O) groups is 1. The van der Waals surface area contributed by atoms with Gasteiger partial charge in [-0.1, -0.05) is 0 Å². The van der Waals surface area contributed by atoms with Crippen LogP contribution in [0.2, 0.25) is 9.44 Å². The fourth-order valence-corrected chi connectivity index (χ4v) is 2.35. The van der Waals surface area contributed by atoms with Gasteiger partial charge in [0.2, 0.25) is 0 Å². The van der Waals surface area contributed by atoms with Gasteiger partial charge in [-0.3, -0.25) is 0 Å². The normalized spacial score (nSPS) is 9.81. The molecule has 3 nitrogen and oxygen atoms in total. The molecule has 0 aliphatic rings. The quantitative estimate of drug-likeness (QED) is 0.641. The summed E-state index contributed by atoms with van der Waals surface area (Å²) in [5.41, 5.74) is 1.08. The number of nitrogens with one attached hydrogen (secondary N) is 1. The zero-order chi connectivity index (χ0) is 11.6. The first-order valence-electron chi connectivity index (χ1n) is 5.26. The Bertz CT molecular complexity index is 303. The molecule has 0 radical (unpaired) electrons. The third kappa shape index (κ3) is 5.99. The van der Waals surface area contributed by atoms with Crippen LogP contribution in [-0.4, -0.2) is 33.6 Å². The molecular weight excluding hydrogens is 318 g/mol. The molecule has 0 aliphatic carbocycles. The number of hydrogen-bond acceptors (Lipinski definition) is 2. The van der Waals surface area contributed by atoms with E-state index in [-0.39, 0.29) is 27.0 Å². The summed E-state index contributed by atoms with van der Waals surface area (Å²) in [5, 5.41) is 2.73. The molecule has 0 heterocycles. The first kappa shape index (κ1) is 13.3. The van der Waals surface area contributed by atoms with Crippen LogP contribution in [0.4, 0.5) is 4.79 Å². The summed E-state index contributed by atoms with van der Waals surface area (Å²) < 4.78 is 6.27. The number of carbonyl (C=O) groups excluding carboxylic acids is 1. The number of alkyl carbamates (subject to hydrolysis) is 1. The second kappa shape index (κ2) is 8.43. The Morgan fingerprint density at radius 1 is 1.38 bits per heavy atom. The van der Waals surface area contributed by atoms with Crippen LogP contribution in [0, 0.1) is 0 Å². The van der Waals surface area contributed by atoms with E-state index in [2.05, 4.69) is 10.3 Å². The first-order valence-corrected chi connectivity index (χ1v) is 9.24. The molecule has 0 saturated carbocycles. The van der Waals surface area contributed by atoms with Crippen molar-refractivity contribution in [2.75, 3.05) is 6.61 Å². The average Bonchev–Trinajstić information content (AvgIpc) is 2.33. The molecule has 0 aromatic heterocycles. The fraction of sp³-hybridized carbons (Fsp3) is 0.417. The molecule has 0 saturated heterocycles. The average molecular weight is 335 g/mol. The van der Waals surface area contributed by atoms with Gasteiger partial charge >= 0.3 is 107 Å². The third-order valence-corrected chi connectivity index (χ3v) is 3.99. The van der Waals surface area contributed by atoms with Crippen molar-refractivity contribution >= 4 is 27.0 Å². The van der Waals surface area contributed by atoms with E-state index in [9.17, 15) is 4.79 Å². The van der Waals surface area contributed by atoms with Gasteiger partial charge in [-0.15, -0.1) is 0 Å². The summed E-state index contributed by atoms with van der Waals surface area (Å²) >= 11 is 0.170. The van der Waals surface area contributed by atoms with Crippen LogP contribution in [0.3, 0.4) is 0 Å². The second-order valence-corrected chi connectivity index (χ2v) is 6.13. The topological polar surface area (TPSA) is 38.3 Å². The summed E-state index contributed by atoms with van der Waals surface area (Å²) in [6.07, 6.45) is 0.679. The van der Waals surface area contributed by atoms with E-state index < -0.39 is 0 Å². The molecular formula is C12H17NO2Te. The number of benzene rings is 1. The molecule has 0 fully saturated rings. The zero-order valence-corrected chi connectivity index (χ0v) is 11.8. The van der Waals surface area contributed by atoms with E-state index >= 15 is 0 Å². The zero-order valence-electron chi connectivity index (χ0n) is 9.44. The van der Waals surface area contributed by atoms with Crippen molar-refractivity contribution in [2.24, 2.45) is 0 Å². The number of ether oxygens (including phenoxy) is 1. The van der Waals surface area contributed by atoms with Crippen molar-refractivity contribution in [3.63, 3.8) is 0 Å². The Labute approximate surface area is 107 Å². The van der Waals surface area contributed by atoms with Gasteiger partial charge in [-0.05, 0) is 0 Å². The van der Waals surface area contributed by atoms with Crippen LogP contribution >= 0.6 is 0 Å². The molecule has 1 N–H and O–H groups in total. The molecule has 4 heteroatoms. The van der Waals surface area contributed by atoms with Gasteiger partial charge in [0, 0.05) is 0 Å². The maximum absolute atomic E-state index is 11.3. The molecule has 16 heavy (non-hydrogen) atoms. The first-order chi connectivity index (χ1) is 7.83. The van der Waals surface area contributed by atoms with E-state index in [1.807, 2.05) is 30.3 Å². The van der Waals surface area contributed by atoms with Gasteiger partial charge in [-0.25, -0.2) is 0 Å². The number of amides is 1. The summed E-state index contributed by atoms with van der Waals surface area (Å²) in [7, 11) is 0. The minimum absolute atomic E-state index is 0.170. The molecule has 88 valence electrons. The van der Waals surface area contributed by atoms with Crippen molar-refractivity contribution < 1.29 is 9.53 Å². The molecule has 0 aliphatic heterocycles. The summed E-state index contributed by atoms with van der Waals surface area (Å²) in [4.78, 5) is 13.5. The Hall–Kier alpha value is -0.720. The van der Waals surface area contributed by atoms with Crippen LogP contribution in [0.1, 0.15) is 12.0 Å². The van der Waals surface area contributed by atoms with E-state index in [0.29, 0.717) is 13.2 Å². The van der Waals surface area contributed by atoms with E-state index in [4.69, 9.17) is 4.74 Å². The summed E-state index contributed by atoms with van der Waals surface area (Å²) in [6.45, 7) is 1.07. The van der Waals surface area contributed by atoms with Crippen LogP contribution in [0.5, 0.6) is 0 Å². The van der Waals surface area contributed by atoms with Crippen LogP contribution in [-0.2, 0) is 11.3 Å². The van der Waals surface area contributed by atoms with Crippen LogP contribution < -0.4 is 5.32 Å². The standard InChI is InChI=1S/C12H17NO2Te/c1-16-9-5-8-15-12(14)13-10-11-6-3-2-4-7-11/h2-4,6-7H,5,8-10H2,1H3,(H,13,14). The van der Waals surface area contributed by atoms with Crippen LogP contribution in [0.25, 0.3) is 0 Å². The second-order valence-electron chi connectivity index (χ2n) is 3.32. The predicted octanol–water partition coefficient (Wildman–Crippen LogP) is 2.47. The Balaban J connectivity index is 2.11. The van der Waals surface area contributed by atoms with E-state index in [0.717, 1.165) is 12.0 Å². The van der Waals surface area contributed by atoms with Crippen molar-refractivity contribution in [3.8, 4) is 0 Å². The molecule has 1 rings (SSSR count). The van der Waals surface area contributed by atoms with Gasteiger partial charge in [0.15, 0.2) is 0 Å². The molecule has 0 unspecified atom stereocenters. The molecule has 1 amide bonds. The SMILES string of the molecule is C[Te]CCCOC(=O)NCc1ccccc1. The Morgan fingerprint density at radius 2 is 2.12 bits per heavy atom. The Morgan fingerprint density at radius 3 is 2.81 bits per heavy atom. The van der Waals surface area contributed by atoms with Crippen molar-refractivity contribution in [3.05, 3.63) is 35.9 Å². The fourth-order valence-electron chi connectivity index (χ4n) is 1.19. The van der Waals surface area contributed by atoms with Gasteiger partial charge < -0.3 is 0 Å². The van der Waals surface area contributed by atoms with Crippen LogP contribution in [0.15, 0.2) is 30.3 Å². The third-order valence-electron chi connectivity index (χ3n) is 2.01. The van der Waals surface area contributed by atoms with Gasteiger partial charge in [-0.2, -0.15) is 0 Å². The summed E-state index contributed by atoms with van der Waals surface area (Å²) in [6, 6.07) is 9.81. The van der Waals surface area contributed by atoms with E-state index in [1.54, 1.807) is 0 Å². The van der Waals surface area contributed by atoms with Crippen molar-refractivity contribution in [2.45, 2.75) is 22.4 Å². The number of rotatable bonds is 6. The molecule has 0 atom stereocenters. The van der Waals surface area contributed by atoms with E-state index in [1.165, 1.54) is 4.47 Å². The summed E-state index contributed by atoms with van der Waals surface area (Å²) in [5.74, 6) is 0. The maximum atomic E-state index is 11.3. The minimum atomic E-state index is -0.319. The molecule has 0 bridgehead atoms. The molecule has 1 aromatic rings. The van der Waals surface area contributed by atoms with Gasteiger partial charge in [0.05, 0.1) is 0 Å². The van der Waals surface area contributed by atoms with Gasteiger partial charge in [0.1, 0.15) is 0 Å². The monoisotopic (exact) mass is 337 g/mol. The molecule has 1 aromatic carbocycles. The van der Waals surface area contributed by atoms with Crippen molar-refractivity contribution in [1.82, 2.24) is 5.32 Å².